The molecule has 36 heavy (non-hydrogen) atoms. The second-order valence-corrected chi connectivity index (χ2v) is 9.59. The van der Waals surface area contributed by atoms with Gasteiger partial charge in [-0.3, -0.25) is 0 Å². The number of rotatable bonds is 19. The molecule has 0 unspecified atom stereocenters. The van der Waals surface area contributed by atoms with E-state index in [1.807, 2.05) is 0 Å². The zero-order valence-electron chi connectivity index (χ0n) is 22.2. The molecular weight excluding hydrogens is 442 g/mol. The van der Waals surface area contributed by atoms with Crippen LogP contribution in [0.4, 0.5) is 0 Å². The van der Waals surface area contributed by atoms with Gasteiger partial charge in [0.1, 0.15) is 11.5 Å². The first kappa shape index (κ1) is 27.8. The summed E-state index contributed by atoms with van der Waals surface area (Å²) in [6.45, 7) is 5.56. The second kappa shape index (κ2) is 17.6. The van der Waals surface area contributed by atoms with Crippen molar-refractivity contribution < 1.29 is 9.47 Å². The van der Waals surface area contributed by atoms with Crippen LogP contribution in [0.5, 0.6) is 11.5 Å². The molecule has 0 saturated heterocycles. The molecule has 0 bridgehead atoms. The molecule has 3 aromatic carbocycles. The average Bonchev–Trinajstić information content (AvgIpc) is 2.92. The van der Waals surface area contributed by atoms with Crippen molar-refractivity contribution in [3.05, 3.63) is 95.6 Å². The lowest BCUT2D eigenvalue weighted by molar-refractivity contribution is 0.293. The number of nitrogens with one attached hydrogen (secondary N) is 1. The molecule has 3 nitrogen and oxygen atoms in total. The van der Waals surface area contributed by atoms with Crippen LogP contribution in [0.15, 0.2) is 78.9 Å². The van der Waals surface area contributed by atoms with Crippen molar-refractivity contribution >= 4 is 0 Å². The first-order valence-electron chi connectivity index (χ1n) is 14.0. The predicted molar refractivity (Wildman–Crippen MR) is 152 cm³/mol. The second-order valence-electron chi connectivity index (χ2n) is 9.59. The summed E-state index contributed by atoms with van der Waals surface area (Å²) in [6.07, 6.45) is 12.0. The van der Waals surface area contributed by atoms with Crippen molar-refractivity contribution in [3.63, 3.8) is 0 Å². The average molecular weight is 488 g/mol. The van der Waals surface area contributed by atoms with Crippen LogP contribution in [-0.4, -0.2) is 19.8 Å². The summed E-state index contributed by atoms with van der Waals surface area (Å²) in [5, 5.41) is 3.62. The van der Waals surface area contributed by atoms with Crippen LogP contribution in [0.2, 0.25) is 0 Å². The van der Waals surface area contributed by atoms with Crippen LogP contribution in [0.1, 0.15) is 75.0 Å². The van der Waals surface area contributed by atoms with Gasteiger partial charge in [0.25, 0.3) is 0 Å². The maximum absolute atomic E-state index is 6.28. The minimum absolute atomic E-state index is 0.705. The number of ether oxygens (including phenoxy) is 2. The van der Waals surface area contributed by atoms with Gasteiger partial charge in [0.2, 0.25) is 0 Å². The van der Waals surface area contributed by atoms with E-state index < -0.39 is 0 Å². The highest BCUT2D eigenvalue weighted by atomic mass is 16.5. The summed E-state index contributed by atoms with van der Waals surface area (Å²) in [7, 11) is 0. The molecule has 0 radical (unpaired) electrons. The standard InChI is InChI=1S/C33H45NO2/c1-2-3-4-5-6-13-24-34-28-31-22-23-32(35-25-14-20-29-16-9-7-10-17-29)27-33(31)36-26-15-21-30-18-11-8-12-19-30/h7-12,16-19,22-23,27,34H,2-6,13-15,20-21,24-26,28H2,1H3. The van der Waals surface area contributed by atoms with Crippen molar-refractivity contribution in [2.75, 3.05) is 19.8 Å². The van der Waals surface area contributed by atoms with Crippen LogP contribution in [0.25, 0.3) is 0 Å². The molecule has 0 spiro atoms. The molecule has 0 aliphatic carbocycles. The molecule has 0 amide bonds. The van der Waals surface area contributed by atoms with Crippen LogP contribution < -0.4 is 14.8 Å². The Labute approximate surface area is 219 Å². The quantitative estimate of drug-likeness (QED) is 0.173. The van der Waals surface area contributed by atoms with Crippen LogP contribution in [0.3, 0.4) is 0 Å². The van der Waals surface area contributed by atoms with E-state index in [1.165, 1.54) is 55.2 Å². The zero-order chi connectivity index (χ0) is 25.1. The zero-order valence-corrected chi connectivity index (χ0v) is 22.2. The van der Waals surface area contributed by atoms with Crippen molar-refractivity contribution in [1.82, 2.24) is 5.32 Å². The molecule has 0 aliphatic rings. The summed E-state index contributed by atoms with van der Waals surface area (Å²) < 4.78 is 12.4. The molecule has 0 aromatic heterocycles. The molecule has 0 aliphatic heterocycles. The normalized spacial score (nSPS) is 10.9. The third-order valence-corrected chi connectivity index (χ3v) is 6.49. The maximum Gasteiger partial charge on any atom is 0.127 e. The fraction of sp³-hybridized carbons (Fsp3) is 0.455. The summed E-state index contributed by atoms with van der Waals surface area (Å²) >= 11 is 0. The Morgan fingerprint density at radius 1 is 0.611 bits per heavy atom. The highest BCUT2D eigenvalue weighted by Crippen LogP contribution is 2.26. The SMILES string of the molecule is CCCCCCCCNCc1ccc(OCCCc2ccccc2)cc1OCCCc1ccccc1. The number of unbranched alkanes of at least 4 members (excludes halogenated alkanes) is 5. The highest BCUT2D eigenvalue weighted by molar-refractivity contribution is 5.40. The lowest BCUT2D eigenvalue weighted by Gasteiger charge is -2.15. The summed E-state index contributed by atoms with van der Waals surface area (Å²) in [5.74, 6) is 1.83. The van der Waals surface area contributed by atoms with E-state index in [9.17, 15) is 0 Å². The molecule has 3 rings (SSSR count). The molecule has 1 N–H and O–H groups in total. The van der Waals surface area contributed by atoms with Gasteiger partial charge in [0.15, 0.2) is 0 Å². The number of hydrogen-bond acceptors (Lipinski definition) is 3. The molecular formula is C33H45NO2. The van der Waals surface area contributed by atoms with E-state index in [0.29, 0.717) is 13.2 Å². The summed E-state index contributed by atoms with van der Waals surface area (Å²) in [4.78, 5) is 0. The molecule has 194 valence electrons. The Balaban J connectivity index is 1.46. The Kier molecular flexibility index (Phi) is 13.6. The smallest absolute Gasteiger partial charge is 0.127 e. The third kappa shape index (κ3) is 11.3. The van der Waals surface area contributed by atoms with Crippen LogP contribution >= 0.6 is 0 Å². The fourth-order valence-electron chi connectivity index (χ4n) is 4.37. The first-order chi connectivity index (χ1) is 17.8. The van der Waals surface area contributed by atoms with Gasteiger partial charge in [-0.25, -0.2) is 0 Å². The van der Waals surface area contributed by atoms with Crippen molar-refractivity contribution in [2.24, 2.45) is 0 Å². The number of aryl methyl sites for hydroxylation is 2. The predicted octanol–water partition coefficient (Wildman–Crippen LogP) is 8.16. The van der Waals surface area contributed by atoms with Gasteiger partial charge in [-0.15, -0.1) is 0 Å². The van der Waals surface area contributed by atoms with E-state index >= 15 is 0 Å². The largest absolute Gasteiger partial charge is 0.493 e. The van der Waals surface area contributed by atoms with Crippen LogP contribution in [0, 0.1) is 0 Å². The molecule has 0 saturated carbocycles. The van der Waals surface area contributed by atoms with E-state index in [0.717, 1.165) is 50.3 Å². The van der Waals surface area contributed by atoms with Gasteiger partial charge in [0, 0.05) is 18.2 Å². The Morgan fingerprint density at radius 3 is 1.89 bits per heavy atom. The van der Waals surface area contributed by atoms with Gasteiger partial charge in [-0.1, -0.05) is 106 Å². The lowest BCUT2D eigenvalue weighted by Crippen LogP contribution is -2.16. The molecule has 3 aromatic rings. The minimum Gasteiger partial charge on any atom is -0.493 e. The summed E-state index contributed by atoms with van der Waals surface area (Å²) in [6, 6.07) is 27.5. The number of hydrogen-bond donors (Lipinski definition) is 1. The van der Waals surface area contributed by atoms with Crippen molar-refractivity contribution in [2.45, 2.75) is 77.7 Å². The fourth-order valence-corrected chi connectivity index (χ4v) is 4.37. The summed E-state index contributed by atoms with van der Waals surface area (Å²) in [5.41, 5.74) is 3.92. The monoisotopic (exact) mass is 487 g/mol. The third-order valence-electron chi connectivity index (χ3n) is 6.49. The van der Waals surface area contributed by atoms with Gasteiger partial charge in [0.05, 0.1) is 13.2 Å². The molecule has 0 fully saturated rings. The first-order valence-corrected chi connectivity index (χ1v) is 14.0. The lowest BCUT2D eigenvalue weighted by atomic mass is 10.1. The van der Waals surface area contributed by atoms with E-state index in [-0.39, 0.29) is 0 Å². The topological polar surface area (TPSA) is 30.5 Å². The Morgan fingerprint density at radius 2 is 1.22 bits per heavy atom. The molecule has 3 heteroatoms. The Bertz CT molecular complexity index is 942. The van der Waals surface area contributed by atoms with Crippen molar-refractivity contribution in [1.29, 1.82) is 0 Å². The van der Waals surface area contributed by atoms with Crippen molar-refractivity contribution in [3.8, 4) is 11.5 Å². The molecule has 0 atom stereocenters. The van der Waals surface area contributed by atoms with E-state index in [4.69, 9.17) is 9.47 Å². The van der Waals surface area contributed by atoms with Gasteiger partial charge < -0.3 is 14.8 Å². The maximum atomic E-state index is 6.28. The van der Waals surface area contributed by atoms with Gasteiger partial charge in [-0.05, 0) is 55.8 Å². The Hall–Kier alpha value is -2.78. The molecule has 0 heterocycles. The number of benzene rings is 3. The minimum atomic E-state index is 0.705. The van der Waals surface area contributed by atoms with Crippen LogP contribution in [-0.2, 0) is 19.4 Å². The van der Waals surface area contributed by atoms with E-state index in [1.54, 1.807) is 0 Å². The van der Waals surface area contributed by atoms with Gasteiger partial charge in [-0.2, -0.15) is 0 Å². The highest BCUT2D eigenvalue weighted by Gasteiger charge is 2.07. The van der Waals surface area contributed by atoms with E-state index in [2.05, 4.69) is 91.1 Å². The van der Waals surface area contributed by atoms with Gasteiger partial charge >= 0.3 is 0 Å².